The molecule has 0 bridgehead atoms. The lowest BCUT2D eigenvalue weighted by Gasteiger charge is -2.43. The average Bonchev–Trinajstić information content (AvgIpc) is 2.22. The van der Waals surface area contributed by atoms with Crippen LogP contribution in [0, 0.1) is 5.92 Å². The van der Waals surface area contributed by atoms with E-state index in [-0.39, 0.29) is 18.4 Å². The molecule has 1 atom stereocenters. The highest BCUT2D eigenvalue weighted by molar-refractivity contribution is 9.09. The lowest BCUT2D eigenvalue weighted by molar-refractivity contribution is -0.280. The maximum atomic E-state index is 12.6. The lowest BCUT2D eigenvalue weighted by atomic mass is 10.0. The number of ether oxygens (including phenoxy) is 1. The van der Waals surface area contributed by atoms with Crippen molar-refractivity contribution in [3.05, 3.63) is 0 Å². The summed E-state index contributed by atoms with van der Waals surface area (Å²) in [5, 5.41) is 0.197. The van der Waals surface area contributed by atoms with Gasteiger partial charge in [0.15, 0.2) is 0 Å². The Morgan fingerprint density at radius 1 is 1.29 bits per heavy atom. The maximum absolute atomic E-state index is 12.6. The van der Waals surface area contributed by atoms with Crippen molar-refractivity contribution in [1.82, 2.24) is 4.90 Å². The van der Waals surface area contributed by atoms with E-state index in [2.05, 4.69) is 15.9 Å². The van der Waals surface area contributed by atoms with E-state index in [1.807, 2.05) is 0 Å². The summed E-state index contributed by atoms with van der Waals surface area (Å²) < 4.78 is 81.0. The van der Waals surface area contributed by atoms with Crippen molar-refractivity contribution in [2.45, 2.75) is 37.9 Å². The molecule has 1 fully saturated rings. The quantitative estimate of drug-likeness (QED) is 0.539. The van der Waals surface area contributed by atoms with Crippen molar-refractivity contribution in [2.75, 3.05) is 18.4 Å². The van der Waals surface area contributed by atoms with Crippen LogP contribution in [-0.4, -0.2) is 53.3 Å². The second kappa shape index (κ2) is 5.94. The van der Waals surface area contributed by atoms with Crippen LogP contribution in [0.3, 0.4) is 0 Å². The van der Waals surface area contributed by atoms with E-state index >= 15 is 0 Å². The van der Waals surface area contributed by atoms with Gasteiger partial charge >= 0.3 is 12.4 Å². The van der Waals surface area contributed by atoms with Crippen LogP contribution in [0.1, 0.15) is 13.8 Å². The fourth-order valence-corrected chi connectivity index (χ4v) is 2.53. The predicted molar refractivity (Wildman–Crippen MR) is 64.9 cm³/mol. The Kier molecular flexibility index (Phi) is 5.24. The molecule has 1 unspecified atom stereocenters. The summed E-state index contributed by atoms with van der Waals surface area (Å²) in [7, 11) is 0. The molecule has 0 aliphatic carbocycles. The van der Waals surface area contributed by atoms with Gasteiger partial charge in [-0.1, -0.05) is 15.9 Å². The minimum Gasteiger partial charge on any atom is -0.368 e. The van der Waals surface area contributed by atoms with Gasteiger partial charge in [0.05, 0.1) is 11.7 Å². The molecule has 0 aromatic rings. The van der Waals surface area contributed by atoms with E-state index < -0.39 is 35.9 Å². The molecule has 1 heterocycles. The van der Waals surface area contributed by atoms with E-state index in [1.165, 1.54) is 13.8 Å². The molecule has 0 spiro atoms. The zero-order valence-corrected chi connectivity index (χ0v) is 12.8. The van der Waals surface area contributed by atoms with Crippen LogP contribution in [0.2, 0.25) is 0 Å². The highest BCUT2D eigenvalue weighted by Gasteiger charge is 2.62. The molecule has 0 N–H and O–H groups in total. The highest BCUT2D eigenvalue weighted by Crippen LogP contribution is 2.41. The van der Waals surface area contributed by atoms with E-state index in [0.717, 1.165) is 0 Å². The van der Waals surface area contributed by atoms with Crippen LogP contribution in [0.5, 0.6) is 0 Å². The largest absolute Gasteiger partial charge is 0.409 e. The fraction of sp³-hybridized carbons (Fsp3) is 0.909. The molecular formula is C11H14BrF6NO2. The second-order valence-electron chi connectivity index (χ2n) is 5.39. The van der Waals surface area contributed by atoms with Crippen molar-refractivity contribution in [2.24, 2.45) is 5.92 Å². The second-order valence-corrected chi connectivity index (χ2v) is 6.04. The number of carbonyl (C=O) groups is 1. The van der Waals surface area contributed by atoms with E-state index in [4.69, 9.17) is 4.74 Å². The number of halogens is 7. The molecular weight excluding hydrogens is 372 g/mol. The smallest absolute Gasteiger partial charge is 0.368 e. The molecule has 1 aliphatic rings. The van der Waals surface area contributed by atoms with Crippen LogP contribution in [-0.2, 0) is 9.53 Å². The number of carbonyl (C=O) groups excluding carboxylic acids is 1. The average molecular weight is 386 g/mol. The maximum Gasteiger partial charge on any atom is 0.409 e. The Bertz CT molecular complexity index is 381. The van der Waals surface area contributed by atoms with E-state index in [9.17, 15) is 31.1 Å². The zero-order chi connectivity index (χ0) is 16.6. The van der Waals surface area contributed by atoms with Gasteiger partial charge in [0, 0.05) is 18.4 Å². The molecule has 0 saturated carbocycles. The molecule has 1 aliphatic heterocycles. The standard InChI is InChI=1S/C11H14BrF6NO2/c1-9(2)5-19(4-6(3-12)21-9)8(20)7(10(13,14)15)11(16,17)18/h6-7H,3-5H2,1-2H3. The van der Waals surface area contributed by atoms with Gasteiger partial charge in [-0.05, 0) is 13.8 Å². The molecule has 0 aromatic carbocycles. The van der Waals surface area contributed by atoms with Gasteiger partial charge in [0.25, 0.3) is 0 Å². The topological polar surface area (TPSA) is 29.5 Å². The number of alkyl halides is 7. The molecule has 1 amide bonds. The normalized spacial score (nSPS) is 23.5. The van der Waals surface area contributed by atoms with Crippen molar-refractivity contribution in [3.8, 4) is 0 Å². The van der Waals surface area contributed by atoms with Crippen LogP contribution in [0.15, 0.2) is 0 Å². The van der Waals surface area contributed by atoms with Crippen molar-refractivity contribution in [1.29, 1.82) is 0 Å². The predicted octanol–water partition coefficient (Wildman–Crippen LogP) is 3.13. The third-order valence-electron chi connectivity index (χ3n) is 2.87. The summed E-state index contributed by atoms with van der Waals surface area (Å²) in [4.78, 5) is 12.3. The molecule has 1 saturated heterocycles. The number of hydrogen-bond donors (Lipinski definition) is 0. The Morgan fingerprint density at radius 3 is 2.14 bits per heavy atom. The van der Waals surface area contributed by atoms with Crippen molar-refractivity contribution in [3.63, 3.8) is 0 Å². The SMILES string of the molecule is CC1(C)CN(C(=O)C(C(F)(F)F)C(F)(F)F)CC(CBr)O1. The third-order valence-corrected chi connectivity index (χ3v) is 3.59. The molecule has 21 heavy (non-hydrogen) atoms. The Labute approximate surface area is 125 Å². The monoisotopic (exact) mass is 385 g/mol. The minimum atomic E-state index is -5.68. The first-order valence-electron chi connectivity index (χ1n) is 5.94. The molecule has 0 aromatic heterocycles. The van der Waals surface area contributed by atoms with Crippen LogP contribution < -0.4 is 0 Å². The van der Waals surface area contributed by atoms with Gasteiger partial charge in [-0.15, -0.1) is 0 Å². The van der Waals surface area contributed by atoms with Gasteiger partial charge in [-0.2, -0.15) is 26.3 Å². The Balaban J connectivity index is 3.04. The number of rotatable bonds is 2. The van der Waals surface area contributed by atoms with Gasteiger partial charge in [-0.25, -0.2) is 0 Å². The Hall–Kier alpha value is -0.510. The van der Waals surface area contributed by atoms with Gasteiger partial charge in [0.2, 0.25) is 11.8 Å². The molecule has 3 nitrogen and oxygen atoms in total. The Morgan fingerprint density at radius 2 is 1.76 bits per heavy atom. The number of morpholine rings is 1. The first-order chi connectivity index (χ1) is 9.28. The third kappa shape index (κ3) is 4.73. The summed E-state index contributed by atoms with van der Waals surface area (Å²) in [6, 6.07) is 0. The van der Waals surface area contributed by atoms with Gasteiger partial charge < -0.3 is 9.64 Å². The van der Waals surface area contributed by atoms with Crippen molar-refractivity contribution >= 4 is 21.8 Å². The highest BCUT2D eigenvalue weighted by atomic mass is 79.9. The number of hydrogen-bond acceptors (Lipinski definition) is 2. The summed E-state index contributed by atoms with van der Waals surface area (Å²) in [6.45, 7) is 2.34. The van der Waals surface area contributed by atoms with E-state index in [1.54, 1.807) is 0 Å². The van der Waals surface area contributed by atoms with Crippen molar-refractivity contribution < 1.29 is 35.9 Å². The lowest BCUT2D eigenvalue weighted by Crippen LogP contribution is -2.59. The first-order valence-corrected chi connectivity index (χ1v) is 7.06. The van der Waals surface area contributed by atoms with Gasteiger partial charge in [0.1, 0.15) is 0 Å². The number of amides is 1. The fourth-order valence-electron chi connectivity index (χ4n) is 2.19. The first kappa shape index (κ1) is 18.5. The molecule has 1 rings (SSSR count). The zero-order valence-electron chi connectivity index (χ0n) is 11.2. The van der Waals surface area contributed by atoms with Crippen LogP contribution in [0.4, 0.5) is 26.3 Å². The summed E-state index contributed by atoms with van der Waals surface area (Å²) in [5.74, 6) is -5.99. The molecule has 0 radical (unpaired) electrons. The van der Waals surface area contributed by atoms with Gasteiger partial charge in [-0.3, -0.25) is 4.79 Å². The van der Waals surface area contributed by atoms with E-state index in [0.29, 0.717) is 4.90 Å². The molecule has 10 heteroatoms. The summed E-state index contributed by atoms with van der Waals surface area (Å²) in [5.41, 5.74) is -1.02. The summed E-state index contributed by atoms with van der Waals surface area (Å²) in [6.07, 6.45) is -12.0. The molecule has 124 valence electrons. The van der Waals surface area contributed by atoms with Crippen LogP contribution in [0.25, 0.3) is 0 Å². The summed E-state index contributed by atoms with van der Waals surface area (Å²) >= 11 is 3.05. The number of nitrogens with zero attached hydrogens (tertiary/aromatic N) is 1. The van der Waals surface area contributed by atoms with Crippen LogP contribution >= 0.6 is 15.9 Å². The minimum absolute atomic E-state index is 0.197.